The number of quaternary nitrogens is 1. The van der Waals surface area contributed by atoms with E-state index in [0.717, 1.165) is 42.1 Å². The lowest BCUT2D eigenvalue weighted by atomic mass is 10.2. The van der Waals surface area contributed by atoms with Gasteiger partial charge in [-0.1, -0.05) is 6.07 Å². The molecule has 1 aromatic heterocycles. The Kier molecular flexibility index (Phi) is 9.00. The van der Waals surface area contributed by atoms with Crippen LogP contribution in [-0.4, -0.2) is 48.0 Å². The van der Waals surface area contributed by atoms with Gasteiger partial charge in [-0.15, -0.1) is 0 Å². The van der Waals surface area contributed by atoms with Gasteiger partial charge in [0.05, 0.1) is 35.5 Å². The second-order valence-corrected chi connectivity index (χ2v) is 8.40. The number of aromatic amines is 1. The number of carbonyl (C=O) groups excluding carboxylic acids is 1. The Bertz CT molecular complexity index is 1390. The van der Waals surface area contributed by atoms with Crippen LogP contribution in [0.25, 0.3) is 5.69 Å². The Labute approximate surface area is 215 Å². The zero-order chi connectivity index (χ0) is 27.2. The quantitative estimate of drug-likeness (QED) is 0.250. The summed E-state index contributed by atoms with van der Waals surface area (Å²) in [6.45, 7) is 6.97. The number of esters is 1. The second kappa shape index (κ2) is 12.0. The van der Waals surface area contributed by atoms with Crippen LogP contribution in [0.15, 0.2) is 58.3 Å². The number of alkyl halides is 3. The summed E-state index contributed by atoms with van der Waals surface area (Å²) in [7, 11) is 0. The van der Waals surface area contributed by atoms with Gasteiger partial charge in [0.2, 0.25) is 0 Å². The fourth-order valence-electron chi connectivity index (χ4n) is 3.50. The molecule has 0 atom stereocenters. The molecule has 0 aliphatic carbocycles. The largest absolute Gasteiger partial charge is 0.859 e. The molecular weight excluding hydrogens is 509 g/mol. The number of carbonyl (C=O) groups is 1. The maximum absolute atomic E-state index is 13.1. The molecule has 2 aromatic carbocycles. The molecule has 0 radical (unpaired) electrons. The van der Waals surface area contributed by atoms with Crippen LogP contribution in [0.2, 0.25) is 0 Å². The van der Waals surface area contributed by atoms with Gasteiger partial charge in [-0.2, -0.15) is 13.2 Å². The van der Waals surface area contributed by atoms with Crippen molar-refractivity contribution in [3.05, 3.63) is 80.3 Å². The highest BCUT2D eigenvalue weighted by Crippen LogP contribution is 2.31. The zero-order valence-electron chi connectivity index (χ0n) is 20.1. The van der Waals surface area contributed by atoms with Crippen molar-refractivity contribution in [3.8, 4) is 11.6 Å². The number of aromatic nitrogens is 2. The number of ether oxygens (including phenoxy) is 1. The zero-order valence-corrected chi connectivity index (χ0v) is 20.9. The van der Waals surface area contributed by atoms with E-state index >= 15 is 0 Å². The standard InChI is InChI=1S/C25H25F3N4O4S/c1-3-31(4-2)12-13-36-23(35)16-8-10-18(11-9-16)29-15-20-21(33)30-24(37)32(22(20)34)19-7-5-6-17(14-19)25(26,27)28/h5-11,14-15,34H,3-4,12-13H2,1-2H3,(H,30,33,37). The van der Waals surface area contributed by atoms with Crippen molar-refractivity contribution in [2.45, 2.75) is 20.0 Å². The van der Waals surface area contributed by atoms with Crippen molar-refractivity contribution in [1.29, 1.82) is 0 Å². The molecule has 3 aromatic rings. The monoisotopic (exact) mass is 534 g/mol. The minimum Gasteiger partial charge on any atom is -0.859 e. The fraction of sp³-hybridized carbons (Fsp3) is 0.280. The van der Waals surface area contributed by atoms with Gasteiger partial charge < -0.3 is 19.3 Å². The van der Waals surface area contributed by atoms with Gasteiger partial charge in [-0.05, 0) is 74.4 Å². The highest BCUT2D eigenvalue weighted by molar-refractivity contribution is 7.71. The van der Waals surface area contributed by atoms with Gasteiger partial charge in [-0.3, -0.25) is 14.8 Å². The van der Waals surface area contributed by atoms with Gasteiger partial charge in [0.25, 0.3) is 5.56 Å². The van der Waals surface area contributed by atoms with Crippen LogP contribution in [0.1, 0.15) is 35.3 Å². The number of aliphatic imine (C=N–C) groups is 1. The number of nitrogens with one attached hydrogen (secondary N) is 2. The van der Waals surface area contributed by atoms with E-state index in [2.05, 4.69) is 23.8 Å². The molecule has 3 rings (SSSR count). The first-order valence-electron chi connectivity index (χ1n) is 11.4. The summed E-state index contributed by atoms with van der Waals surface area (Å²) in [5.74, 6) is -1.41. The Hall–Kier alpha value is -3.77. The van der Waals surface area contributed by atoms with Crippen LogP contribution in [0.3, 0.4) is 0 Å². The molecule has 8 nitrogen and oxygen atoms in total. The molecule has 0 saturated heterocycles. The molecule has 1 heterocycles. The summed E-state index contributed by atoms with van der Waals surface area (Å²) in [6, 6.07) is 10.0. The minimum atomic E-state index is -4.63. The molecule has 2 N–H and O–H groups in total. The van der Waals surface area contributed by atoms with E-state index in [0.29, 0.717) is 17.8 Å². The minimum absolute atomic E-state index is 0.152. The fourth-order valence-corrected chi connectivity index (χ4v) is 3.78. The SMILES string of the molecule is CC[NH+](CC)CCOC(=O)c1ccc(N=Cc2c([O-])n(-c3cccc(C(F)(F)F)c3)c(=S)[nH]c2=O)cc1. The predicted molar refractivity (Wildman–Crippen MR) is 133 cm³/mol. The summed E-state index contributed by atoms with van der Waals surface area (Å²) in [5.41, 5.74) is -1.74. The van der Waals surface area contributed by atoms with Crippen LogP contribution >= 0.6 is 12.2 Å². The number of rotatable bonds is 9. The maximum atomic E-state index is 13.1. The Balaban J connectivity index is 1.81. The van der Waals surface area contributed by atoms with Crippen LogP contribution in [0.4, 0.5) is 18.9 Å². The van der Waals surface area contributed by atoms with E-state index in [9.17, 15) is 27.9 Å². The average molecular weight is 535 g/mol. The number of nitrogens with zero attached hydrogens (tertiary/aromatic N) is 2. The number of H-pyrrole nitrogens is 1. The molecule has 0 spiro atoms. The van der Waals surface area contributed by atoms with Gasteiger partial charge in [0.15, 0.2) is 4.77 Å². The van der Waals surface area contributed by atoms with Crippen molar-refractivity contribution in [1.82, 2.24) is 9.55 Å². The average Bonchev–Trinajstić information content (AvgIpc) is 2.86. The van der Waals surface area contributed by atoms with Crippen LogP contribution < -0.4 is 15.6 Å². The molecule has 0 aliphatic heterocycles. The summed E-state index contributed by atoms with van der Waals surface area (Å²) >= 11 is 5.02. The number of likely N-dealkylation sites (N-methyl/N-ethyl adjacent to an activating group) is 1. The first-order valence-corrected chi connectivity index (χ1v) is 11.8. The van der Waals surface area contributed by atoms with E-state index in [4.69, 9.17) is 17.0 Å². The highest BCUT2D eigenvalue weighted by atomic mass is 32.1. The summed E-state index contributed by atoms with van der Waals surface area (Å²) < 4.78 is 45.1. The van der Waals surface area contributed by atoms with Crippen molar-refractivity contribution in [2.75, 3.05) is 26.2 Å². The number of halogens is 3. The van der Waals surface area contributed by atoms with E-state index in [1.165, 1.54) is 35.2 Å². The molecule has 0 aliphatic rings. The lowest BCUT2D eigenvalue weighted by Crippen LogP contribution is -3.11. The summed E-state index contributed by atoms with van der Waals surface area (Å²) in [4.78, 5) is 32.3. The third-order valence-corrected chi connectivity index (χ3v) is 5.95. The molecule has 0 amide bonds. The molecule has 0 saturated carbocycles. The van der Waals surface area contributed by atoms with E-state index in [1.807, 2.05) is 0 Å². The molecule has 0 bridgehead atoms. The first-order chi connectivity index (χ1) is 17.5. The van der Waals surface area contributed by atoms with Gasteiger partial charge in [0.1, 0.15) is 13.2 Å². The topological polar surface area (TPSA) is 104 Å². The van der Waals surface area contributed by atoms with Gasteiger partial charge >= 0.3 is 12.1 Å². The highest BCUT2D eigenvalue weighted by Gasteiger charge is 2.30. The Morgan fingerprint density at radius 2 is 1.86 bits per heavy atom. The number of hydrogen-bond donors (Lipinski definition) is 2. The molecule has 196 valence electrons. The lowest BCUT2D eigenvalue weighted by molar-refractivity contribution is -0.896. The third-order valence-electron chi connectivity index (χ3n) is 5.67. The van der Waals surface area contributed by atoms with Crippen molar-refractivity contribution < 1.29 is 32.7 Å². The number of benzene rings is 2. The van der Waals surface area contributed by atoms with Crippen LogP contribution in [-0.2, 0) is 10.9 Å². The van der Waals surface area contributed by atoms with Gasteiger partial charge in [0, 0.05) is 11.9 Å². The molecular formula is C25H25F3N4O4S. The summed E-state index contributed by atoms with van der Waals surface area (Å²) in [6.07, 6.45) is -3.63. The number of hydrogen-bond acceptors (Lipinski definition) is 6. The molecule has 0 fully saturated rings. The van der Waals surface area contributed by atoms with E-state index in [-0.39, 0.29) is 17.1 Å². The van der Waals surface area contributed by atoms with E-state index < -0.39 is 34.7 Å². The Morgan fingerprint density at radius 1 is 1.19 bits per heavy atom. The van der Waals surface area contributed by atoms with Crippen LogP contribution in [0.5, 0.6) is 5.88 Å². The third kappa shape index (κ3) is 6.92. The van der Waals surface area contributed by atoms with Crippen molar-refractivity contribution in [2.24, 2.45) is 4.99 Å². The Morgan fingerprint density at radius 3 is 2.49 bits per heavy atom. The van der Waals surface area contributed by atoms with Crippen molar-refractivity contribution in [3.63, 3.8) is 0 Å². The molecule has 12 heteroatoms. The molecule has 0 unspecified atom stereocenters. The van der Waals surface area contributed by atoms with Crippen molar-refractivity contribution >= 4 is 30.1 Å². The smallest absolute Gasteiger partial charge is 0.416 e. The second-order valence-electron chi connectivity index (χ2n) is 8.01. The normalized spacial score (nSPS) is 11.8. The van der Waals surface area contributed by atoms with Gasteiger partial charge in [-0.25, -0.2) is 4.79 Å². The lowest BCUT2D eigenvalue weighted by Gasteiger charge is -2.20. The summed E-state index contributed by atoms with van der Waals surface area (Å²) in [5, 5.41) is 13.0. The first kappa shape index (κ1) is 27.8. The predicted octanol–water partition coefficient (Wildman–Crippen LogP) is 2.82. The maximum Gasteiger partial charge on any atom is 0.416 e. The van der Waals surface area contributed by atoms with Crippen LogP contribution in [0, 0.1) is 4.77 Å². The molecule has 37 heavy (non-hydrogen) atoms. The van der Waals surface area contributed by atoms with E-state index in [1.54, 1.807) is 0 Å².